The molecule has 2 nitrogen and oxygen atoms in total. The van der Waals surface area contributed by atoms with E-state index in [0.29, 0.717) is 0 Å². The van der Waals surface area contributed by atoms with Gasteiger partial charge in [0.1, 0.15) is 5.75 Å². The molecule has 0 aliphatic rings. The van der Waals surface area contributed by atoms with Gasteiger partial charge in [0.2, 0.25) is 0 Å². The predicted molar refractivity (Wildman–Crippen MR) is 87.4 cm³/mol. The van der Waals surface area contributed by atoms with Crippen molar-refractivity contribution in [2.75, 3.05) is 14.2 Å². The van der Waals surface area contributed by atoms with Crippen LogP contribution in [0.1, 0.15) is 22.7 Å². The molecule has 2 aromatic rings. The van der Waals surface area contributed by atoms with E-state index in [2.05, 4.69) is 58.5 Å². The van der Waals surface area contributed by atoms with Crippen LogP contribution in [0.2, 0.25) is 0 Å². The molecule has 0 heterocycles. The largest absolute Gasteiger partial charge is 0.497 e. The lowest BCUT2D eigenvalue weighted by atomic mass is 9.98. The molecule has 0 radical (unpaired) electrons. The Labute approximate surface area is 129 Å². The SMILES string of the molecule is CNC(Cc1cccc(C)c1)c1ccc(OC)cc1Br. The fourth-order valence-corrected chi connectivity index (χ4v) is 2.99. The number of ether oxygens (including phenoxy) is 1. The fraction of sp³-hybridized carbons (Fsp3) is 0.294. The highest BCUT2D eigenvalue weighted by atomic mass is 79.9. The average molecular weight is 334 g/mol. The molecule has 0 saturated carbocycles. The molecule has 0 aromatic heterocycles. The first-order valence-electron chi connectivity index (χ1n) is 6.70. The summed E-state index contributed by atoms with van der Waals surface area (Å²) >= 11 is 3.64. The van der Waals surface area contributed by atoms with Gasteiger partial charge in [-0.2, -0.15) is 0 Å². The minimum atomic E-state index is 0.275. The number of aryl methyl sites for hydroxylation is 1. The standard InChI is InChI=1S/C17H20BrNO/c1-12-5-4-6-13(9-12)10-17(19-2)15-8-7-14(20-3)11-16(15)18/h4-9,11,17,19H,10H2,1-3H3. The quantitative estimate of drug-likeness (QED) is 0.882. The Hall–Kier alpha value is -1.32. The molecule has 0 aliphatic carbocycles. The van der Waals surface area contributed by atoms with Crippen molar-refractivity contribution in [2.45, 2.75) is 19.4 Å². The van der Waals surface area contributed by atoms with Crippen LogP contribution in [0.5, 0.6) is 5.75 Å². The van der Waals surface area contributed by atoms with Crippen LogP contribution < -0.4 is 10.1 Å². The zero-order chi connectivity index (χ0) is 14.5. The van der Waals surface area contributed by atoms with Crippen molar-refractivity contribution < 1.29 is 4.74 Å². The van der Waals surface area contributed by atoms with Crippen molar-refractivity contribution in [3.63, 3.8) is 0 Å². The lowest BCUT2D eigenvalue weighted by Gasteiger charge is -2.19. The second-order valence-electron chi connectivity index (χ2n) is 4.92. The zero-order valence-electron chi connectivity index (χ0n) is 12.1. The molecule has 3 heteroatoms. The Balaban J connectivity index is 2.24. The fourth-order valence-electron chi connectivity index (χ4n) is 2.36. The van der Waals surface area contributed by atoms with Crippen molar-refractivity contribution in [1.29, 1.82) is 0 Å². The minimum Gasteiger partial charge on any atom is -0.497 e. The molecule has 0 fully saturated rings. The maximum atomic E-state index is 5.25. The van der Waals surface area contributed by atoms with Gasteiger partial charge >= 0.3 is 0 Å². The Morgan fingerprint density at radius 2 is 2.00 bits per heavy atom. The molecule has 106 valence electrons. The summed E-state index contributed by atoms with van der Waals surface area (Å²) in [6.45, 7) is 2.13. The van der Waals surface area contributed by atoms with E-state index in [1.165, 1.54) is 16.7 Å². The van der Waals surface area contributed by atoms with Gasteiger partial charge in [0, 0.05) is 10.5 Å². The van der Waals surface area contributed by atoms with Crippen LogP contribution in [0, 0.1) is 6.92 Å². The highest BCUT2D eigenvalue weighted by Crippen LogP contribution is 2.29. The number of rotatable bonds is 5. The van der Waals surface area contributed by atoms with E-state index in [0.717, 1.165) is 16.6 Å². The molecular formula is C17H20BrNO. The van der Waals surface area contributed by atoms with Gasteiger partial charge in [-0.25, -0.2) is 0 Å². The number of methoxy groups -OCH3 is 1. The molecule has 0 aliphatic heterocycles. The lowest BCUT2D eigenvalue weighted by Crippen LogP contribution is -2.19. The van der Waals surface area contributed by atoms with Crippen LogP contribution >= 0.6 is 15.9 Å². The zero-order valence-corrected chi connectivity index (χ0v) is 13.7. The minimum absolute atomic E-state index is 0.275. The summed E-state index contributed by atoms with van der Waals surface area (Å²) in [5.74, 6) is 0.867. The van der Waals surface area contributed by atoms with E-state index >= 15 is 0 Å². The van der Waals surface area contributed by atoms with Crippen LogP contribution in [-0.2, 0) is 6.42 Å². The maximum Gasteiger partial charge on any atom is 0.120 e. The first-order valence-corrected chi connectivity index (χ1v) is 7.49. The smallest absolute Gasteiger partial charge is 0.120 e. The van der Waals surface area contributed by atoms with Crippen molar-refractivity contribution in [3.8, 4) is 5.75 Å². The molecule has 0 amide bonds. The molecule has 0 saturated heterocycles. The molecular weight excluding hydrogens is 314 g/mol. The summed E-state index contributed by atoms with van der Waals surface area (Å²) in [5, 5.41) is 3.39. The van der Waals surface area contributed by atoms with Gasteiger partial charge in [-0.15, -0.1) is 0 Å². The monoisotopic (exact) mass is 333 g/mol. The third-order valence-corrected chi connectivity index (χ3v) is 4.14. The summed E-state index contributed by atoms with van der Waals surface area (Å²) in [6.07, 6.45) is 0.961. The van der Waals surface area contributed by atoms with E-state index in [1.807, 2.05) is 19.2 Å². The van der Waals surface area contributed by atoms with Crippen LogP contribution in [-0.4, -0.2) is 14.2 Å². The summed E-state index contributed by atoms with van der Waals surface area (Å²) in [7, 11) is 3.68. The highest BCUT2D eigenvalue weighted by Gasteiger charge is 2.14. The third-order valence-electron chi connectivity index (χ3n) is 3.45. The first-order chi connectivity index (χ1) is 9.63. The van der Waals surface area contributed by atoms with Gasteiger partial charge in [0.05, 0.1) is 7.11 Å². The molecule has 0 bridgehead atoms. The van der Waals surface area contributed by atoms with Gasteiger partial charge in [0.25, 0.3) is 0 Å². The molecule has 2 aromatic carbocycles. The second kappa shape index (κ2) is 6.91. The Morgan fingerprint density at radius 1 is 1.20 bits per heavy atom. The summed E-state index contributed by atoms with van der Waals surface area (Å²) < 4.78 is 6.32. The van der Waals surface area contributed by atoms with Crippen molar-refractivity contribution in [3.05, 3.63) is 63.6 Å². The van der Waals surface area contributed by atoms with Gasteiger partial charge in [-0.1, -0.05) is 51.8 Å². The van der Waals surface area contributed by atoms with Crippen LogP contribution in [0.3, 0.4) is 0 Å². The molecule has 1 N–H and O–H groups in total. The lowest BCUT2D eigenvalue weighted by molar-refractivity contribution is 0.414. The van der Waals surface area contributed by atoms with Crippen LogP contribution in [0.15, 0.2) is 46.9 Å². The molecule has 2 rings (SSSR count). The number of likely N-dealkylation sites (N-methyl/N-ethyl adjacent to an activating group) is 1. The van der Waals surface area contributed by atoms with Gasteiger partial charge < -0.3 is 10.1 Å². The van der Waals surface area contributed by atoms with Gasteiger partial charge in [-0.05, 0) is 43.7 Å². The molecule has 1 unspecified atom stereocenters. The predicted octanol–water partition coefficient (Wildman–Crippen LogP) is 4.27. The van der Waals surface area contributed by atoms with Crippen LogP contribution in [0.4, 0.5) is 0 Å². The Bertz CT molecular complexity index is 583. The first kappa shape index (κ1) is 15.1. The molecule has 0 spiro atoms. The maximum absolute atomic E-state index is 5.25. The number of benzene rings is 2. The summed E-state index contributed by atoms with van der Waals surface area (Å²) in [5.41, 5.74) is 3.88. The number of hydrogen-bond acceptors (Lipinski definition) is 2. The Kier molecular flexibility index (Phi) is 5.21. The van der Waals surface area contributed by atoms with Crippen molar-refractivity contribution in [1.82, 2.24) is 5.32 Å². The third kappa shape index (κ3) is 3.62. The number of halogens is 1. The number of hydrogen-bond donors (Lipinski definition) is 1. The van der Waals surface area contributed by atoms with E-state index in [9.17, 15) is 0 Å². The second-order valence-corrected chi connectivity index (χ2v) is 5.78. The van der Waals surface area contributed by atoms with Gasteiger partial charge in [0.15, 0.2) is 0 Å². The summed E-state index contributed by atoms with van der Waals surface area (Å²) in [4.78, 5) is 0. The number of nitrogens with one attached hydrogen (secondary N) is 1. The normalized spacial score (nSPS) is 12.2. The molecule has 20 heavy (non-hydrogen) atoms. The van der Waals surface area contributed by atoms with Gasteiger partial charge in [-0.3, -0.25) is 0 Å². The average Bonchev–Trinajstić information content (AvgIpc) is 2.45. The topological polar surface area (TPSA) is 21.3 Å². The van der Waals surface area contributed by atoms with Crippen LogP contribution in [0.25, 0.3) is 0 Å². The van der Waals surface area contributed by atoms with E-state index in [4.69, 9.17) is 4.74 Å². The van der Waals surface area contributed by atoms with E-state index < -0.39 is 0 Å². The summed E-state index contributed by atoms with van der Waals surface area (Å²) in [6, 6.07) is 15.0. The van der Waals surface area contributed by atoms with E-state index in [1.54, 1.807) is 7.11 Å². The van der Waals surface area contributed by atoms with Crippen molar-refractivity contribution in [2.24, 2.45) is 0 Å². The Morgan fingerprint density at radius 3 is 2.60 bits per heavy atom. The highest BCUT2D eigenvalue weighted by molar-refractivity contribution is 9.10. The molecule has 1 atom stereocenters. The van der Waals surface area contributed by atoms with Crippen molar-refractivity contribution >= 4 is 15.9 Å². The van der Waals surface area contributed by atoms with E-state index in [-0.39, 0.29) is 6.04 Å².